The predicted molar refractivity (Wildman–Crippen MR) is 97.1 cm³/mol. The molecule has 1 fully saturated rings. The molecule has 0 spiro atoms. The number of rotatable bonds is 3. The van der Waals surface area contributed by atoms with E-state index in [2.05, 4.69) is 25.9 Å². The van der Waals surface area contributed by atoms with Gasteiger partial charge in [0.25, 0.3) is 5.91 Å². The third-order valence-corrected chi connectivity index (χ3v) is 6.06. The number of anilines is 1. The molecule has 1 amide bonds. The maximum absolute atomic E-state index is 12.5. The molecule has 2 aliphatic rings. The molecule has 1 saturated heterocycles. The molecule has 0 aromatic carbocycles. The number of aryl methyl sites for hydroxylation is 2. The molecule has 2 N–H and O–H groups in total. The number of thiazole rings is 1. The van der Waals surface area contributed by atoms with E-state index in [1.165, 1.54) is 36.3 Å². The number of fused-ring (bicyclic) bond motifs is 1. The van der Waals surface area contributed by atoms with Gasteiger partial charge in [-0.05, 0) is 51.6 Å². The van der Waals surface area contributed by atoms with Crippen molar-refractivity contribution in [2.75, 3.05) is 18.4 Å². The van der Waals surface area contributed by atoms with Gasteiger partial charge in [-0.25, -0.2) is 9.67 Å². The van der Waals surface area contributed by atoms with Crippen molar-refractivity contribution in [3.8, 4) is 0 Å². The molecule has 4 rings (SSSR count). The Morgan fingerprint density at radius 3 is 2.84 bits per heavy atom. The Balaban J connectivity index is 1.43. The van der Waals surface area contributed by atoms with E-state index < -0.39 is 0 Å². The maximum atomic E-state index is 12.5. The Morgan fingerprint density at radius 1 is 1.20 bits per heavy atom. The number of nitrogens with one attached hydrogen (secondary N) is 2. The summed E-state index contributed by atoms with van der Waals surface area (Å²) in [6.45, 7) is 1.97. The Hall–Kier alpha value is -1.80. The van der Waals surface area contributed by atoms with Gasteiger partial charge in [0.2, 0.25) is 0 Å². The first-order valence-corrected chi connectivity index (χ1v) is 10.0. The largest absolute Gasteiger partial charge is 0.317 e. The molecule has 0 saturated carbocycles. The lowest BCUT2D eigenvalue weighted by molar-refractivity contribution is 0.102. The van der Waals surface area contributed by atoms with Gasteiger partial charge >= 0.3 is 0 Å². The van der Waals surface area contributed by atoms with E-state index in [4.69, 9.17) is 0 Å². The van der Waals surface area contributed by atoms with Crippen LogP contribution < -0.4 is 10.6 Å². The van der Waals surface area contributed by atoms with E-state index in [0.29, 0.717) is 16.9 Å². The fourth-order valence-electron chi connectivity index (χ4n) is 3.55. The van der Waals surface area contributed by atoms with E-state index in [-0.39, 0.29) is 5.91 Å². The number of carbonyl (C=O) groups is 1. The third kappa shape index (κ3) is 3.90. The Bertz CT molecular complexity index is 708. The first-order valence-electron chi connectivity index (χ1n) is 9.22. The lowest BCUT2D eigenvalue weighted by atomic mass is 10.0. The van der Waals surface area contributed by atoms with Gasteiger partial charge in [0.1, 0.15) is 0 Å². The topological polar surface area (TPSA) is 84.7 Å². The molecule has 3 heterocycles. The monoisotopic (exact) mass is 360 g/mol. The molecule has 134 valence electrons. The molecule has 0 unspecified atom stereocenters. The van der Waals surface area contributed by atoms with Crippen LogP contribution in [-0.4, -0.2) is 39.0 Å². The minimum atomic E-state index is -0.220. The highest BCUT2D eigenvalue weighted by Crippen LogP contribution is 2.28. The van der Waals surface area contributed by atoms with Crippen LogP contribution in [0.4, 0.5) is 5.13 Å². The Labute approximate surface area is 151 Å². The standard InChI is InChI=1S/C17H24N6OS/c24-16(14-11-23(22-21-14)12-7-9-18-10-8-12)20-17-19-13-5-3-1-2-4-6-15(13)25-17/h11-12,18H,1-10H2,(H,19,20,24). The number of aromatic nitrogens is 4. The second-order valence-electron chi connectivity index (χ2n) is 6.82. The average molecular weight is 360 g/mol. The fraction of sp³-hybridized carbons (Fsp3) is 0.647. The summed E-state index contributed by atoms with van der Waals surface area (Å²) in [5.74, 6) is -0.220. The van der Waals surface area contributed by atoms with Crippen molar-refractivity contribution < 1.29 is 4.79 Å². The van der Waals surface area contributed by atoms with E-state index >= 15 is 0 Å². The van der Waals surface area contributed by atoms with Crippen LogP contribution in [0.25, 0.3) is 0 Å². The highest BCUT2D eigenvalue weighted by molar-refractivity contribution is 7.15. The zero-order chi connectivity index (χ0) is 17.1. The fourth-order valence-corrected chi connectivity index (χ4v) is 4.60. The molecule has 2 aromatic heterocycles. The summed E-state index contributed by atoms with van der Waals surface area (Å²) >= 11 is 1.61. The van der Waals surface area contributed by atoms with Crippen LogP contribution in [0.3, 0.4) is 0 Å². The van der Waals surface area contributed by atoms with Crippen molar-refractivity contribution in [2.24, 2.45) is 0 Å². The number of piperidine rings is 1. The summed E-state index contributed by atoms with van der Waals surface area (Å²) in [6.07, 6.45) is 10.9. The highest BCUT2D eigenvalue weighted by atomic mass is 32.1. The van der Waals surface area contributed by atoms with Gasteiger partial charge in [-0.15, -0.1) is 16.4 Å². The molecule has 0 bridgehead atoms. The second kappa shape index (κ2) is 7.61. The van der Waals surface area contributed by atoms with Crippen LogP contribution in [-0.2, 0) is 12.8 Å². The zero-order valence-electron chi connectivity index (χ0n) is 14.3. The van der Waals surface area contributed by atoms with Crippen LogP contribution in [0.1, 0.15) is 65.6 Å². The molecular weight excluding hydrogens is 336 g/mol. The first kappa shape index (κ1) is 16.7. The lowest BCUT2D eigenvalue weighted by Crippen LogP contribution is -2.29. The summed E-state index contributed by atoms with van der Waals surface area (Å²) in [7, 11) is 0. The highest BCUT2D eigenvalue weighted by Gasteiger charge is 2.20. The minimum Gasteiger partial charge on any atom is -0.317 e. The summed E-state index contributed by atoms with van der Waals surface area (Å²) in [5, 5.41) is 15.1. The van der Waals surface area contributed by atoms with Crippen LogP contribution in [0.5, 0.6) is 0 Å². The van der Waals surface area contributed by atoms with Crippen molar-refractivity contribution in [3.05, 3.63) is 22.5 Å². The van der Waals surface area contributed by atoms with Crippen molar-refractivity contribution in [3.63, 3.8) is 0 Å². The van der Waals surface area contributed by atoms with Gasteiger partial charge in [-0.1, -0.05) is 18.1 Å². The quantitative estimate of drug-likeness (QED) is 0.879. The third-order valence-electron chi connectivity index (χ3n) is 4.99. The van der Waals surface area contributed by atoms with Gasteiger partial charge in [-0.2, -0.15) is 0 Å². The van der Waals surface area contributed by atoms with Gasteiger partial charge in [0, 0.05) is 4.88 Å². The number of hydrogen-bond donors (Lipinski definition) is 2. The number of nitrogens with zero attached hydrogens (tertiary/aromatic N) is 4. The molecule has 2 aromatic rings. The molecule has 8 heteroatoms. The summed E-state index contributed by atoms with van der Waals surface area (Å²) in [4.78, 5) is 18.5. The minimum absolute atomic E-state index is 0.220. The molecule has 1 aliphatic carbocycles. The van der Waals surface area contributed by atoms with Gasteiger partial charge < -0.3 is 5.32 Å². The lowest BCUT2D eigenvalue weighted by Gasteiger charge is -2.21. The van der Waals surface area contributed by atoms with Gasteiger partial charge in [0.15, 0.2) is 10.8 Å². The second-order valence-corrected chi connectivity index (χ2v) is 7.91. The van der Waals surface area contributed by atoms with Gasteiger partial charge in [0.05, 0.1) is 17.9 Å². The van der Waals surface area contributed by atoms with Crippen molar-refractivity contribution in [1.29, 1.82) is 0 Å². The van der Waals surface area contributed by atoms with Crippen LogP contribution >= 0.6 is 11.3 Å². The predicted octanol–water partition coefficient (Wildman–Crippen LogP) is 2.57. The molecule has 25 heavy (non-hydrogen) atoms. The SMILES string of the molecule is O=C(Nc1nc2c(s1)CCCCCC2)c1cn(C2CCNCC2)nn1. The van der Waals surface area contributed by atoms with E-state index in [1.54, 1.807) is 17.5 Å². The molecule has 1 aliphatic heterocycles. The first-order chi connectivity index (χ1) is 12.3. The molecular formula is C17H24N6OS. The number of carbonyl (C=O) groups excluding carboxylic acids is 1. The van der Waals surface area contributed by atoms with E-state index in [9.17, 15) is 4.79 Å². The normalized spacial score (nSPS) is 19.0. The van der Waals surface area contributed by atoms with Crippen LogP contribution in [0, 0.1) is 0 Å². The molecule has 0 atom stereocenters. The average Bonchev–Trinajstić information content (AvgIpc) is 3.23. The number of hydrogen-bond acceptors (Lipinski definition) is 6. The maximum Gasteiger partial charge on any atom is 0.279 e. The summed E-state index contributed by atoms with van der Waals surface area (Å²) in [6, 6.07) is 0.329. The van der Waals surface area contributed by atoms with E-state index in [1.807, 2.05) is 4.68 Å². The van der Waals surface area contributed by atoms with Gasteiger partial charge in [-0.3, -0.25) is 10.1 Å². The molecule has 0 radical (unpaired) electrons. The summed E-state index contributed by atoms with van der Waals surface area (Å²) < 4.78 is 1.83. The van der Waals surface area contributed by atoms with Crippen LogP contribution in [0.2, 0.25) is 0 Å². The Kier molecular flexibility index (Phi) is 5.07. The smallest absolute Gasteiger partial charge is 0.279 e. The van der Waals surface area contributed by atoms with Crippen molar-refractivity contribution >= 4 is 22.4 Å². The summed E-state index contributed by atoms with van der Waals surface area (Å²) in [5.41, 5.74) is 1.53. The zero-order valence-corrected chi connectivity index (χ0v) is 15.1. The van der Waals surface area contributed by atoms with Crippen LogP contribution in [0.15, 0.2) is 6.20 Å². The van der Waals surface area contributed by atoms with Crippen molar-refractivity contribution in [1.82, 2.24) is 25.3 Å². The molecule has 7 nitrogen and oxygen atoms in total. The van der Waals surface area contributed by atoms with E-state index in [0.717, 1.165) is 38.8 Å². The Morgan fingerprint density at radius 2 is 2.00 bits per heavy atom. The van der Waals surface area contributed by atoms with Crippen molar-refractivity contribution in [2.45, 2.75) is 57.4 Å². The number of amides is 1.